The molecule has 1 N–H and O–H groups in total. The Hall–Kier alpha value is -1.66. The number of amides is 1. The van der Waals surface area contributed by atoms with Gasteiger partial charge in [0.1, 0.15) is 5.82 Å². The molecule has 1 atom stereocenters. The van der Waals surface area contributed by atoms with Crippen molar-refractivity contribution in [2.75, 3.05) is 25.6 Å². The molecule has 0 saturated carbocycles. The number of pyridine rings is 1. The first kappa shape index (κ1) is 13.8. The van der Waals surface area contributed by atoms with Gasteiger partial charge in [0.25, 0.3) is 5.91 Å². The van der Waals surface area contributed by atoms with E-state index in [1.165, 1.54) is 6.20 Å². The van der Waals surface area contributed by atoms with Gasteiger partial charge in [-0.15, -0.1) is 0 Å². The van der Waals surface area contributed by atoms with Gasteiger partial charge in [-0.05, 0) is 25.0 Å². The third-order valence-electron chi connectivity index (χ3n) is 2.89. The van der Waals surface area contributed by atoms with Crippen LogP contribution >= 0.6 is 0 Å². The Morgan fingerprint density at radius 3 is 2.89 bits per heavy atom. The van der Waals surface area contributed by atoms with Crippen molar-refractivity contribution >= 4 is 11.7 Å². The van der Waals surface area contributed by atoms with Crippen LogP contribution in [0.4, 0.5) is 5.82 Å². The second kappa shape index (κ2) is 6.49. The van der Waals surface area contributed by atoms with Crippen LogP contribution in [0.1, 0.15) is 29.6 Å². The van der Waals surface area contributed by atoms with Crippen LogP contribution in [0.5, 0.6) is 0 Å². The quantitative estimate of drug-likeness (QED) is 0.832. The summed E-state index contributed by atoms with van der Waals surface area (Å²) in [6, 6.07) is 3.49. The largest absolute Gasteiger partial charge is 0.363 e. The molecule has 1 fully saturated rings. The molecule has 0 aromatic carbocycles. The number of nitrogens with one attached hydrogen (secondary N) is 1. The van der Waals surface area contributed by atoms with E-state index < -0.39 is 0 Å². The molecule has 6 nitrogen and oxygen atoms in total. The first-order valence-electron chi connectivity index (χ1n) is 6.38. The summed E-state index contributed by atoms with van der Waals surface area (Å²) in [7, 11) is 3.79. The molecule has 1 aromatic rings. The van der Waals surface area contributed by atoms with Gasteiger partial charge in [0.05, 0.1) is 5.56 Å². The standard InChI is InChI=1S/C13H19N3O3/c1-16(2)11-7-6-10(9-14-11)13(17)15-19-12-5-3-4-8-18-12/h6-7,9,12H,3-5,8H2,1-2H3,(H,15,17)/t12-/m0/s1. The average molecular weight is 265 g/mol. The Kier molecular flexibility index (Phi) is 4.70. The number of hydrogen-bond donors (Lipinski definition) is 1. The first-order chi connectivity index (χ1) is 9.16. The lowest BCUT2D eigenvalue weighted by Crippen LogP contribution is -2.33. The number of carbonyl (C=O) groups is 1. The molecule has 104 valence electrons. The van der Waals surface area contributed by atoms with Crippen LogP contribution in [0.3, 0.4) is 0 Å². The van der Waals surface area contributed by atoms with Gasteiger partial charge in [-0.3, -0.25) is 4.79 Å². The molecule has 0 radical (unpaired) electrons. The molecule has 1 saturated heterocycles. The Morgan fingerprint density at radius 1 is 1.47 bits per heavy atom. The number of hydrogen-bond acceptors (Lipinski definition) is 5. The smallest absolute Gasteiger partial charge is 0.276 e. The van der Waals surface area contributed by atoms with Crippen molar-refractivity contribution in [2.45, 2.75) is 25.6 Å². The minimum atomic E-state index is -0.341. The van der Waals surface area contributed by atoms with E-state index in [0.29, 0.717) is 12.2 Å². The minimum absolute atomic E-state index is 0.313. The number of nitrogens with zero attached hydrogens (tertiary/aromatic N) is 2. The number of aromatic nitrogens is 1. The summed E-state index contributed by atoms with van der Waals surface area (Å²) in [5, 5.41) is 0. The van der Waals surface area contributed by atoms with E-state index in [0.717, 1.165) is 25.1 Å². The van der Waals surface area contributed by atoms with Crippen LogP contribution in [0.15, 0.2) is 18.3 Å². The van der Waals surface area contributed by atoms with E-state index in [1.807, 2.05) is 19.0 Å². The van der Waals surface area contributed by atoms with E-state index in [1.54, 1.807) is 12.1 Å². The minimum Gasteiger partial charge on any atom is -0.363 e. The Morgan fingerprint density at radius 2 is 2.32 bits per heavy atom. The fraction of sp³-hybridized carbons (Fsp3) is 0.538. The summed E-state index contributed by atoms with van der Waals surface area (Å²) >= 11 is 0. The zero-order valence-electron chi connectivity index (χ0n) is 11.3. The summed E-state index contributed by atoms with van der Waals surface area (Å²) in [6.45, 7) is 0.680. The highest BCUT2D eigenvalue weighted by molar-refractivity contribution is 5.93. The number of carbonyl (C=O) groups excluding carboxylic acids is 1. The van der Waals surface area contributed by atoms with Gasteiger partial charge < -0.3 is 9.64 Å². The fourth-order valence-corrected chi connectivity index (χ4v) is 1.77. The zero-order valence-corrected chi connectivity index (χ0v) is 11.3. The summed E-state index contributed by atoms with van der Waals surface area (Å²) in [4.78, 5) is 23.1. The highest BCUT2D eigenvalue weighted by Gasteiger charge is 2.16. The predicted molar refractivity (Wildman–Crippen MR) is 70.7 cm³/mol. The predicted octanol–water partition coefficient (Wildman–Crippen LogP) is 1.34. The van der Waals surface area contributed by atoms with E-state index in [9.17, 15) is 4.79 Å². The molecule has 1 aliphatic heterocycles. The van der Waals surface area contributed by atoms with Crippen molar-refractivity contribution in [2.24, 2.45) is 0 Å². The third-order valence-corrected chi connectivity index (χ3v) is 2.89. The normalized spacial score (nSPS) is 18.9. The van der Waals surface area contributed by atoms with Gasteiger partial charge in [0.2, 0.25) is 0 Å². The van der Waals surface area contributed by atoms with Crippen molar-refractivity contribution in [1.29, 1.82) is 0 Å². The van der Waals surface area contributed by atoms with Gasteiger partial charge >= 0.3 is 0 Å². The van der Waals surface area contributed by atoms with E-state index in [2.05, 4.69) is 10.5 Å². The molecule has 1 amide bonds. The highest BCUT2D eigenvalue weighted by atomic mass is 16.8. The van der Waals surface area contributed by atoms with Gasteiger partial charge in [0, 0.05) is 33.3 Å². The van der Waals surface area contributed by atoms with Crippen LogP contribution < -0.4 is 10.4 Å². The maximum atomic E-state index is 11.8. The molecule has 19 heavy (non-hydrogen) atoms. The number of hydroxylamine groups is 1. The molecular weight excluding hydrogens is 246 g/mol. The molecule has 1 aromatic heterocycles. The van der Waals surface area contributed by atoms with Gasteiger partial charge in [-0.25, -0.2) is 15.3 Å². The molecule has 0 spiro atoms. The van der Waals surface area contributed by atoms with Crippen LogP contribution in [0.2, 0.25) is 0 Å². The fourth-order valence-electron chi connectivity index (χ4n) is 1.77. The van der Waals surface area contributed by atoms with Crippen molar-refractivity contribution < 1.29 is 14.4 Å². The van der Waals surface area contributed by atoms with Gasteiger partial charge in [0.15, 0.2) is 6.29 Å². The average Bonchev–Trinajstić information content (AvgIpc) is 2.46. The number of rotatable bonds is 4. The SMILES string of the molecule is CN(C)c1ccc(C(=O)NO[C@H]2CCCCO2)cn1. The number of anilines is 1. The first-order valence-corrected chi connectivity index (χ1v) is 6.38. The number of ether oxygens (including phenoxy) is 1. The second-order valence-electron chi connectivity index (χ2n) is 4.64. The Labute approximate surface area is 112 Å². The Balaban J connectivity index is 1.85. The highest BCUT2D eigenvalue weighted by Crippen LogP contribution is 2.13. The molecule has 0 bridgehead atoms. The third kappa shape index (κ3) is 3.90. The van der Waals surface area contributed by atoms with Gasteiger partial charge in [-0.2, -0.15) is 0 Å². The van der Waals surface area contributed by atoms with Gasteiger partial charge in [-0.1, -0.05) is 0 Å². The monoisotopic (exact) mass is 265 g/mol. The summed E-state index contributed by atoms with van der Waals surface area (Å²) in [6.07, 6.45) is 4.09. The van der Waals surface area contributed by atoms with Crippen molar-refractivity contribution in [3.8, 4) is 0 Å². The molecular formula is C13H19N3O3. The van der Waals surface area contributed by atoms with Crippen molar-refractivity contribution in [1.82, 2.24) is 10.5 Å². The lowest BCUT2D eigenvalue weighted by Gasteiger charge is -2.22. The van der Waals surface area contributed by atoms with E-state index in [4.69, 9.17) is 9.57 Å². The van der Waals surface area contributed by atoms with Crippen molar-refractivity contribution in [3.05, 3.63) is 23.9 Å². The zero-order chi connectivity index (χ0) is 13.7. The molecule has 0 aliphatic carbocycles. The maximum Gasteiger partial charge on any atom is 0.276 e. The lowest BCUT2D eigenvalue weighted by atomic mass is 10.2. The molecule has 6 heteroatoms. The summed E-state index contributed by atoms with van der Waals surface area (Å²) < 4.78 is 5.36. The molecule has 2 rings (SSSR count). The summed E-state index contributed by atoms with van der Waals surface area (Å²) in [5.41, 5.74) is 2.86. The van der Waals surface area contributed by atoms with Crippen LogP contribution in [-0.2, 0) is 9.57 Å². The van der Waals surface area contributed by atoms with E-state index in [-0.39, 0.29) is 12.2 Å². The Bertz CT molecular complexity index is 414. The van der Waals surface area contributed by atoms with Crippen LogP contribution in [0, 0.1) is 0 Å². The summed E-state index contributed by atoms with van der Waals surface area (Å²) in [5.74, 6) is 0.486. The molecule has 0 unspecified atom stereocenters. The maximum absolute atomic E-state index is 11.8. The lowest BCUT2D eigenvalue weighted by molar-refractivity contribution is -0.186. The topological polar surface area (TPSA) is 63.7 Å². The van der Waals surface area contributed by atoms with Crippen LogP contribution in [0.25, 0.3) is 0 Å². The van der Waals surface area contributed by atoms with Crippen molar-refractivity contribution in [3.63, 3.8) is 0 Å². The van der Waals surface area contributed by atoms with Crippen LogP contribution in [-0.4, -0.2) is 37.9 Å². The molecule has 2 heterocycles. The molecule has 1 aliphatic rings. The van der Waals surface area contributed by atoms with E-state index >= 15 is 0 Å². The second-order valence-corrected chi connectivity index (χ2v) is 4.64.